The van der Waals surface area contributed by atoms with Crippen molar-refractivity contribution in [2.24, 2.45) is 0 Å². The SMILES string of the molecule is CN1CNc2cccc3cccc1c23. The van der Waals surface area contributed by atoms with E-state index < -0.39 is 0 Å². The van der Waals surface area contributed by atoms with E-state index >= 15 is 0 Å². The summed E-state index contributed by atoms with van der Waals surface area (Å²) in [5, 5.41) is 6.04. The number of anilines is 2. The summed E-state index contributed by atoms with van der Waals surface area (Å²) in [4.78, 5) is 2.23. The average molecular weight is 184 g/mol. The molecule has 3 rings (SSSR count). The molecule has 0 bridgehead atoms. The highest BCUT2D eigenvalue weighted by Gasteiger charge is 2.13. The summed E-state index contributed by atoms with van der Waals surface area (Å²) < 4.78 is 0. The minimum atomic E-state index is 0.885. The van der Waals surface area contributed by atoms with Crippen LogP contribution < -0.4 is 10.2 Å². The van der Waals surface area contributed by atoms with E-state index in [1.54, 1.807) is 0 Å². The molecule has 14 heavy (non-hydrogen) atoms. The van der Waals surface area contributed by atoms with Crippen molar-refractivity contribution >= 4 is 22.1 Å². The summed E-state index contributed by atoms with van der Waals surface area (Å²) in [6.45, 7) is 0.885. The van der Waals surface area contributed by atoms with E-state index in [0.29, 0.717) is 0 Å². The van der Waals surface area contributed by atoms with Gasteiger partial charge in [0.15, 0.2) is 0 Å². The van der Waals surface area contributed by atoms with E-state index in [2.05, 4.69) is 53.7 Å². The van der Waals surface area contributed by atoms with E-state index in [0.717, 1.165) is 6.67 Å². The second-order valence-electron chi connectivity index (χ2n) is 3.71. The van der Waals surface area contributed by atoms with Crippen LogP contribution in [0, 0.1) is 0 Å². The summed E-state index contributed by atoms with van der Waals surface area (Å²) >= 11 is 0. The predicted octanol–water partition coefficient (Wildman–Crippen LogP) is 2.66. The molecule has 0 saturated carbocycles. The summed E-state index contributed by atoms with van der Waals surface area (Å²) in [7, 11) is 2.11. The monoisotopic (exact) mass is 184 g/mol. The highest BCUT2D eigenvalue weighted by molar-refractivity contribution is 6.04. The lowest BCUT2D eigenvalue weighted by Gasteiger charge is -2.28. The minimum absolute atomic E-state index is 0.885. The number of hydrogen-bond donors (Lipinski definition) is 1. The average Bonchev–Trinajstić information content (AvgIpc) is 2.24. The van der Waals surface area contributed by atoms with Gasteiger partial charge in [0.25, 0.3) is 0 Å². The van der Waals surface area contributed by atoms with Crippen LogP contribution in [0.2, 0.25) is 0 Å². The molecule has 2 aromatic carbocycles. The normalized spacial score (nSPS) is 14.2. The molecule has 0 spiro atoms. The molecule has 0 unspecified atom stereocenters. The maximum Gasteiger partial charge on any atom is 0.0873 e. The van der Waals surface area contributed by atoms with Gasteiger partial charge in [-0.25, -0.2) is 0 Å². The molecule has 0 fully saturated rings. The van der Waals surface area contributed by atoms with Crippen LogP contribution in [0.1, 0.15) is 0 Å². The molecule has 0 saturated heterocycles. The summed E-state index contributed by atoms with van der Waals surface area (Å²) in [5.74, 6) is 0. The van der Waals surface area contributed by atoms with Crippen LogP contribution in [0.5, 0.6) is 0 Å². The zero-order chi connectivity index (χ0) is 9.54. The van der Waals surface area contributed by atoms with Gasteiger partial charge in [-0.05, 0) is 17.5 Å². The van der Waals surface area contributed by atoms with Crippen LogP contribution in [0.3, 0.4) is 0 Å². The third-order valence-corrected chi connectivity index (χ3v) is 2.80. The van der Waals surface area contributed by atoms with Crippen molar-refractivity contribution in [2.75, 3.05) is 23.9 Å². The van der Waals surface area contributed by atoms with Gasteiger partial charge < -0.3 is 10.2 Å². The maximum absolute atomic E-state index is 3.40. The molecule has 0 aromatic heterocycles. The first-order valence-electron chi connectivity index (χ1n) is 4.83. The summed E-state index contributed by atoms with van der Waals surface area (Å²) in [6, 6.07) is 12.8. The smallest absolute Gasteiger partial charge is 0.0873 e. The molecular weight excluding hydrogens is 172 g/mol. The van der Waals surface area contributed by atoms with E-state index in [4.69, 9.17) is 0 Å². The first-order chi connectivity index (χ1) is 6.86. The maximum atomic E-state index is 3.40. The largest absolute Gasteiger partial charge is 0.367 e. The van der Waals surface area contributed by atoms with Crippen LogP contribution in [0.4, 0.5) is 11.4 Å². The number of nitrogens with zero attached hydrogens (tertiary/aromatic N) is 1. The van der Waals surface area contributed by atoms with E-state index in [1.165, 1.54) is 22.1 Å². The van der Waals surface area contributed by atoms with Gasteiger partial charge in [0.1, 0.15) is 0 Å². The first kappa shape index (κ1) is 7.68. The van der Waals surface area contributed by atoms with E-state index in [9.17, 15) is 0 Å². The van der Waals surface area contributed by atoms with Gasteiger partial charge in [0.05, 0.1) is 6.67 Å². The van der Waals surface area contributed by atoms with Crippen molar-refractivity contribution in [1.82, 2.24) is 0 Å². The van der Waals surface area contributed by atoms with Crippen molar-refractivity contribution in [3.63, 3.8) is 0 Å². The van der Waals surface area contributed by atoms with Crippen LogP contribution in [0.25, 0.3) is 10.8 Å². The quantitative estimate of drug-likeness (QED) is 0.677. The zero-order valence-corrected chi connectivity index (χ0v) is 8.12. The number of benzene rings is 2. The highest BCUT2D eigenvalue weighted by Crippen LogP contribution is 2.35. The Kier molecular flexibility index (Phi) is 1.45. The standard InChI is InChI=1S/C12H12N2/c1-14-8-13-10-6-2-4-9-5-3-7-11(14)12(9)10/h2-7,13H,8H2,1H3. The van der Waals surface area contributed by atoms with Crippen LogP contribution in [-0.4, -0.2) is 13.7 Å². The van der Waals surface area contributed by atoms with Crippen molar-refractivity contribution < 1.29 is 0 Å². The Hall–Kier alpha value is -1.70. The van der Waals surface area contributed by atoms with Gasteiger partial charge in [0, 0.05) is 23.8 Å². The molecule has 1 aliphatic heterocycles. The second kappa shape index (κ2) is 2.64. The summed E-state index contributed by atoms with van der Waals surface area (Å²) in [5.41, 5.74) is 2.56. The minimum Gasteiger partial charge on any atom is -0.367 e. The summed E-state index contributed by atoms with van der Waals surface area (Å²) in [6.07, 6.45) is 0. The Labute approximate surface area is 83.1 Å². The molecular formula is C12H12N2. The van der Waals surface area contributed by atoms with Crippen molar-refractivity contribution in [3.05, 3.63) is 36.4 Å². The van der Waals surface area contributed by atoms with Gasteiger partial charge >= 0.3 is 0 Å². The van der Waals surface area contributed by atoms with Crippen LogP contribution in [0.15, 0.2) is 36.4 Å². The molecule has 70 valence electrons. The van der Waals surface area contributed by atoms with Gasteiger partial charge in [-0.1, -0.05) is 24.3 Å². The predicted molar refractivity (Wildman–Crippen MR) is 60.8 cm³/mol. The molecule has 2 nitrogen and oxygen atoms in total. The molecule has 2 heteroatoms. The Morgan fingerprint density at radius 3 is 2.79 bits per heavy atom. The van der Waals surface area contributed by atoms with Crippen molar-refractivity contribution in [3.8, 4) is 0 Å². The van der Waals surface area contributed by atoms with E-state index in [-0.39, 0.29) is 0 Å². The number of nitrogens with one attached hydrogen (secondary N) is 1. The Bertz CT molecular complexity index is 485. The number of rotatable bonds is 0. The molecule has 0 atom stereocenters. The highest BCUT2D eigenvalue weighted by atomic mass is 15.2. The van der Waals surface area contributed by atoms with Gasteiger partial charge in [-0.2, -0.15) is 0 Å². The molecule has 0 radical (unpaired) electrons. The van der Waals surface area contributed by atoms with Crippen molar-refractivity contribution in [2.45, 2.75) is 0 Å². The molecule has 1 heterocycles. The Balaban J connectivity index is 2.46. The Morgan fingerprint density at radius 2 is 1.93 bits per heavy atom. The van der Waals surface area contributed by atoms with Crippen molar-refractivity contribution in [1.29, 1.82) is 0 Å². The fourth-order valence-corrected chi connectivity index (χ4v) is 2.08. The molecule has 0 aliphatic carbocycles. The lowest BCUT2D eigenvalue weighted by Crippen LogP contribution is -2.28. The van der Waals surface area contributed by atoms with Gasteiger partial charge in [-0.15, -0.1) is 0 Å². The lowest BCUT2D eigenvalue weighted by atomic mass is 10.0. The molecule has 0 amide bonds. The third-order valence-electron chi connectivity index (χ3n) is 2.80. The molecule has 1 N–H and O–H groups in total. The second-order valence-corrected chi connectivity index (χ2v) is 3.71. The number of hydrogen-bond acceptors (Lipinski definition) is 2. The third kappa shape index (κ3) is 0.909. The fraction of sp³-hybridized carbons (Fsp3) is 0.167. The fourth-order valence-electron chi connectivity index (χ4n) is 2.08. The Morgan fingerprint density at radius 1 is 1.14 bits per heavy atom. The molecule has 1 aliphatic rings. The zero-order valence-electron chi connectivity index (χ0n) is 8.12. The van der Waals surface area contributed by atoms with Crippen LogP contribution in [-0.2, 0) is 0 Å². The first-order valence-corrected chi connectivity index (χ1v) is 4.83. The van der Waals surface area contributed by atoms with E-state index in [1.807, 2.05) is 0 Å². The van der Waals surface area contributed by atoms with Gasteiger partial charge in [-0.3, -0.25) is 0 Å². The van der Waals surface area contributed by atoms with Gasteiger partial charge in [0.2, 0.25) is 0 Å². The lowest BCUT2D eigenvalue weighted by molar-refractivity contribution is 0.972. The topological polar surface area (TPSA) is 15.3 Å². The van der Waals surface area contributed by atoms with Crippen LogP contribution >= 0.6 is 0 Å². The molecule has 2 aromatic rings.